The number of phenolic OH excluding ortho intramolecular Hbond substituents is 1. The predicted octanol–water partition coefficient (Wildman–Crippen LogP) is 3.60. The van der Waals surface area contributed by atoms with Crippen LogP contribution in [0.1, 0.15) is 22.8 Å². The van der Waals surface area contributed by atoms with Gasteiger partial charge in [0.2, 0.25) is 0 Å². The first-order chi connectivity index (χ1) is 9.16. The summed E-state index contributed by atoms with van der Waals surface area (Å²) < 4.78 is 0. The van der Waals surface area contributed by atoms with Crippen LogP contribution in [0, 0.1) is 6.92 Å². The van der Waals surface area contributed by atoms with E-state index in [1.165, 1.54) is 0 Å². The molecular formula is C17H14O2. The molecule has 1 aliphatic carbocycles. The monoisotopic (exact) mass is 250 g/mol. The van der Waals surface area contributed by atoms with E-state index in [-0.39, 0.29) is 0 Å². The molecule has 0 heterocycles. The predicted molar refractivity (Wildman–Crippen MR) is 76.5 cm³/mol. The second-order valence-electron chi connectivity index (χ2n) is 5.35. The van der Waals surface area contributed by atoms with Gasteiger partial charge in [0.05, 0.1) is 6.10 Å². The summed E-state index contributed by atoms with van der Waals surface area (Å²) >= 11 is 0. The van der Waals surface area contributed by atoms with E-state index in [2.05, 4.69) is 18.2 Å². The molecule has 0 fully saturated rings. The van der Waals surface area contributed by atoms with Crippen LogP contribution in [0.2, 0.25) is 0 Å². The highest BCUT2D eigenvalue weighted by Gasteiger charge is 2.24. The van der Waals surface area contributed by atoms with Crippen LogP contribution < -0.4 is 0 Å². The van der Waals surface area contributed by atoms with Crippen LogP contribution in [-0.4, -0.2) is 10.2 Å². The average molecular weight is 250 g/mol. The van der Waals surface area contributed by atoms with Gasteiger partial charge in [-0.3, -0.25) is 0 Å². The van der Waals surface area contributed by atoms with Gasteiger partial charge in [-0.1, -0.05) is 30.3 Å². The van der Waals surface area contributed by atoms with E-state index in [0.717, 1.165) is 38.2 Å². The summed E-state index contributed by atoms with van der Waals surface area (Å²) in [6, 6.07) is 12.2. The number of aryl methyl sites for hydroxylation is 1. The molecule has 0 aromatic heterocycles. The van der Waals surface area contributed by atoms with Crippen molar-refractivity contribution in [1.82, 2.24) is 0 Å². The van der Waals surface area contributed by atoms with Gasteiger partial charge in [-0.2, -0.15) is 0 Å². The zero-order valence-electron chi connectivity index (χ0n) is 10.6. The average Bonchev–Trinajstić information content (AvgIpc) is 2.42. The van der Waals surface area contributed by atoms with E-state index < -0.39 is 6.10 Å². The van der Waals surface area contributed by atoms with Crippen LogP contribution in [0.15, 0.2) is 36.4 Å². The summed E-state index contributed by atoms with van der Waals surface area (Å²) in [5, 5.41) is 25.1. The van der Waals surface area contributed by atoms with Gasteiger partial charge in [-0.15, -0.1) is 0 Å². The van der Waals surface area contributed by atoms with Crippen molar-refractivity contribution in [2.24, 2.45) is 0 Å². The number of aliphatic hydroxyl groups is 1. The smallest absolute Gasteiger partial charge is 0.122 e. The molecule has 0 radical (unpaired) electrons. The van der Waals surface area contributed by atoms with Crippen molar-refractivity contribution < 1.29 is 10.2 Å². The summed E-state index contributed by atoms with van der Waals surface area (Å²) in [6.07, 6.45) is -0.0466. The Labute approximate surface area is 110 Å². The fourth-order valence-corrected chi connectivity index (χ4v) is 3.31. The molecule has 0 saturated heterocycles. The summed E-state index contributed by atoms with van der Waals surface area (Å²) in [4.78, 5) is 0. The third-order valence-electron chi connectivity index (χ3n) is 4.20. The van der Waals surface area contributed by atoms with E-state index >= 15 is 0 Å². The molecule has 94 valence electrons. The molecule has 0 saturated carbocycles. The number of rotatable bonds is 0. The quantitative estimate of drug-likeness (QED) is 0.598. The van der Waals surface area contributed by atoms with Gasteiger partial charge in [-0.25, -0.2) is 0 Å². The first kappa shape index (κ1) is 10.8. The Balaban J connectivity index is 2.36. The first-order valence-corrected chi connectivity index (χ1v) is 6.51. The number of aliphatic hydroxyl groups excluding tert-OH is 1. The lowest BCUT2D eigenvalue weighted by atomic mass is 9.83. The van der Waals surface area contributed by atoms with Gasteiger partial charge in [0.15, 0.2) is 0 Å². The van der Waals surface area contributed by atoms with Crippen molar-refractivity contribution >= 4 is 21.5 Å². The number of aromatic hydroxyl groups is 1. The highest BCUT2D eigenvalue weighted by atomic mass is 16.3. The topological polar surface area (TPSA) is 40.5 Å². The maximum atomic E-state index is 10.3. The van der Waals surface area contributed by atoms with E-state index in [1.54, 1.807) is 0 Å². The third-order valence-corrected chi connectivity index (χ3v) is 4.20. The zero-order chi connectivity index (χ0) is 13.1. The molecule has 3 aromatic carbocycles. The molecule has 2 nitrogen and oxygen atoms in total. The van der Waals surface area contributed by atoms with Crippen molar-refractivity contribution in [3.8, 4) is 5.75 Å². The minimum Gasteiger partial charge on any atom is -0.507 e. The molecule has 2 N–H and O–H groups in total. The Morgan fingerprint density at radius 3 is 2.68 bits per heavy atom. The molecule has 1 unspecified atom stereocenters. The molecule has 1 atom stereocenters. The molecule has 0 amide bonds. The fourth-order valence-electron chi connectivity index (χ4n) is 3.31. The van der Waals surface area contributed by atoms with Crippen molar-refractivity contribution in [3.63, 3.8) is 0 Å². The van der Waals surface area contributed by atoms with Crippen molar-refractivity contribution in [2.75, 3.05) is 0 Å². The third kappa shape index (κ3) is 1.29. The minimum absolute atomic E-state index is 0.327. The van der Waals surface area contributed by atoms with Gasteiger partial charge < -0.3 is 10.2 Å². The summed E-state index contributed by atoms with van der Waals surface area (Å²) in [5.41, 5.74) is 2.72. The van der Waals surface area contributed by atoms with E-state index in [9.17, 15) is 10.2 Å². The van der Waals surface area contributed by atoms with Crippen LogP contribution in [0.3, 0.4) is 0 Å². The lowest BCUT2D eigenvalue weighted by molar-refractivity contribution is 0.178. The standard InChI is InChI=1S/C17H14O2/c1-9-7-11-6-5-10-3-2-4-12-14(18)8-13(17(9)19)16(11)15(10)12/h2-7,14,18-19H,8H2,1H3. The van der Waals surface area contributed by atoms with Crippen molar-refractivity contribution in [2.45, 2.75) is 19.4 Å². The van der Waals surface area contributed by atoms with E-state index in [4.69, 9.17) is 0 Å². The van der Waals surface area contributed by atoms with Crippen LogP contribution in [0.5, 0.6) is 5.75 Å². The number of hydrogen-bond acceptors (Lipinski definition) is 2. The summed E-state index contributed by atoms with van der Waals surface area (Å²) in [5.74, 6) is 0.327. The SMILES string of the molecule is Cc1cc2ccc3cccc4c3c2c(c1O)CC4O. The van der Waals surface area contributed by atoms with Gasteiger partial charge in [0, 0.05) is 12.0 Å². The molecule has 4 rings (SSSR count). The zero-order valence-corrected chi connectivity index (χ0v) is 10.6. The van der Waals surface area contributed by atoms with Crippen LogP contribution in [0.25, 0.3) is 21.5 Å². The van der Waals surface area contributed by atoms with Gasteiger partial charge in [-0.05, 0) is 45.7 Å². The maximum absolute atomic E-state index is 10.3. The number of phenols is 1. The normalized spacial score (nSPS) is 17.5. The Morgan fingerprint density at radius 1 is 1.05 bits per heavy atom. The summed E-state index contributed by atoms with van der Waals surface area (Å²) in [7, 11) is 0. The Morgan fingerprint density at radius 2 is 1.84 bits per heavy atom. The van der Waals surface area contributed by atoms with Crippen molar-refractivity contribution in [3.05, 3.63) is 53.1 Å². The highest BCUT2D eigenvalue weighted by Crippen LogP contribution is 2.43. The Kier molecular flexibility index (Phi) is 1.99. The molecule has 0 aliphatic heterocycles. The molecule has 19 heavy (non-hydrogen) atoms. The second-order valence-corrected chi connectivity index (χ2v) is 5.35. The molecule has 0 spiro atoms. The minimum atomic E-state index is -0.533. The van der Waals surface area contributed by atoms with Crippen LogP contribution >= 0.6 is 0 Å². The lowest BCUT2D eigenvalue weighted by Crippen LogP contribution is -2.09. The van der Waals surface area contributed by atoms with Gasteiger partial charge >= 0.3 is 0 Å². The van der Waals surface area contributed by atoms with Crippen molar-refractivity contribution in [1.29, 1.82) is 0 Å². The number of benzene rings is 3. The second kappa shape index (κ2) is 3.49. The largest absolute Gasteiger partial charge is 0.507 e. The van der Waals surface area contributed by atoms with Gasteiger partial charge in [0.1, 0.15) is 5.75 Å². The molecule has 1 aliphatic rings. The maximum Gasteiger partial charge on any atom is 0.122 e. The molecule has 0 bridgehead atoms. The van der Waals surface area contributed by atoms with E-state index in [1.807, 2.05) is 25.1 Å². The van der Waals surface area contributed by atoms with Crippen LogP contribution in [-0.2, 0) is 6.42 Å². The highest BCUT2D eigenvalue weighted by molar-refractivity contribution is 6.12. The van der Waals surface area contributed by atoms with Crippen LogP contribution in [0.4, 0.5) is 0 Å². The van der Waals surface area contributed by atoms with E-state index in [0.29, 0.717) is 12.2 Å². The lowest BCUT2D eigenvalue weighted by Gasteiger charge is -2.24. The van der Waals surface area contributed by atoms with Gasteiger partial charge in [0.25, 0.3) is 0 Å². The number of hydrogen-bond donors (Lipinski definition) is 2. The molecule has 3 aromatic rings. The fraction of sp³-hybridized carbons (Fsp3) is 0.176. The Hall–Kier alpha value is -2.06. The molecule has 2 heteroatoms. The molecular weight excluding hydrogens is 236 g/mol. The first-order valence-electron chi connectivity index (χ1n) is 6.51. The summed E-state index contributed by atoms with van der Waals surface area (Å²) in [6.45, 7) is 1.91. The Bertz CT molecular complexity index is 834.